The largest absolute Gasteiger partial charge is 0.421 e. The minimum absolute atomic E-state index is 0.104. The molecule has 0 unspecified atom stereocenters. The average molecular weight is 320 g/mol. The number of benzene rings is 1. The first-order chi connectivity index (χ1) is 10.6. The monoisotopic (exact) mass is 319 g/mol. The van der Waals surface area contributed by atoms with Gasteiger partial charge in [-0.1, -0.05) is 23.7 Å². The van der Waals surface area contributed by atoms with E-state index in [-0.39, 0.29) is 11.8 Å². The van der Waals surface area contributed by atoms with Crippen molar-refractivity contribution in [3.8, 4) is 11.5 Å². The number of aryl methyl sites for hydroxylation is 1. The van der Waals surface area contributed by atoms with Crippen molar-refractivity contribution < 1.29 is 14.0 Å². The van der Waals surface area contributed by atoms with E-state index >= 15 is 0 Å². The van der Waals surface area contributed by atoms with E-state index in [4.69, 9.17) is 16.0 Å². The molecule has 2 amide bonds. The van der Waals surface area contributed by atoms with Crippen LogP contribution in [0.3, 0.4) is 0 Å². The standard InChI is InChI=1S/C15H14ClN3O3/c16-11-5-2-1-4-10(11)15-18-17-12(22-15)6-3-9-19-13(20)7-8-14(19)21/h1-2,4-5H,3,6-9H2. The molecule has 1 aliphatic heterocycles. The van der Waals surface area contributed by atoms with E-state index < -0.39 is 0 Å². The molecule has 0 N–H and O–H groups in total. The number of rotatable bonds is 5. The molecule has 2 heterocycles. The van der Waals surface area contributed by atoms with Crippen LogP contribution in [0.2, 0.25) is 5.02 Å². The van der Waals surface area contributed by atoms with Crippen molar-refractivity contribution in [2.45, 2.75) is 25.7 Å². The van der Waals surface area contributed by atoms with Gasteiger partial charge >= 0.3 is 0 Å². The third kappa shape index (κ3) is 3.01. The lowest BCUT2D eigenvalue weighted by atomic mass is 10.2. The highest BCUT2D eigenvalue weighted by Crippen LogP contribution is 2.26. The van der Waals surface area contributed by atoms with E-state index in [1.165, 1.54) is 4.90 Å². The van der Waals surface area contributed by atoms with Gasteiger partial charge in [-0.25, -0.2) is 0 Å². The van der Waals surface area contributed by atoms with Crippen LogP contribution in [-0.2, 0) is 16.0 Å². The molecule has 1 aromatic heterocycles. The van der Waals surface area contributed by atoms with Crippen LogP contribution in [0.15, 0.2) is 28.7 Å². The van der Waals surface area contributed by atoms with Gasteiger partial charge in [-0.15, -0.1) is 10.2 Å². The molecule has 1 fully saturated rings. The van der Waals surface area contributed by atoms with Crippen molar-refractivity contribution >= 4 is 23.4 Å². The summed E-state index contributed by atoms with van der Waals surface area (Å²) in [7, 11) is 0. The third-order valence-corrected chi connectivity index (χ3v) is 3.83. The summed E-state index contributed by atoms with van der Waals surface area (Å²) in [5.41, 5.74) is 0.688. The Labute approximate surface area is 132 Å². The van der Waals surface area contributed by atoms with Crippen LogP contribution >= 0.6 is 11.6 Å². The highest BCUT2D eigenvalue weighted by Gasteiger charge is 2.28. The maximum atomic E-state index is 11.5. The van der Waals surface area contributed by atoms with Gasteiger partial charge in [0, 0.05) is 25.8 Å². The maximum Gasteiger partial charge on any atom is 0.249 e. The summed E-state index contributed by atoms with van der Waals surface area (Å²) < 4.78 is 5.57. The van der Waals surface area contributed by atoms with Crippen molar-refractivity contribution in [3.63, 3.8) is 0 Å². The Balaban J connectivity index is 1.60. The maximum absolute atomic E-state index is 11.5. The van der Waals surface area contributed by atoms with Crippen molar-refractivity contribution in [2.24, 2.45) is 0 Å². The van der Waals surface area contributed by atoms with Gasteiger partial charge in [0.15, 0.2) is 0 Å². The Bertz CT molecular complexity index is 698. The molecule has 0 atom stereocenters. The zero-order valence-corrected chi connectivity index (χ0v) is 12.5. The van der Waals surface area contributed by atoms with Crippen LogP contribution in [0.1, 0.15) is 25.2 Å². The minimum Gasteiger partial charge on any atom is -0.421 e. The van der Waals surface area contributed by atoms with Gasteiger partial charge in [0.1, 0.15) is 0 Å². The van der Waals surface area contributed by atoms with E-state index in [2.05, 4.69) is 10.2 Å². The number of carbonyl (C=O) groups excluding carboxylic acids is 2. The first kappa shape index (κ1) is 14.7. The Hall–Kier alpha value is -2.21. The molecule has 0 aliphatic carbocycles. The lowest BCUT2D eigenvalue weighted by molar-refractivity contribution is -0.138. The van der Waals surface area contributed by atoms with Crippen molar-refractivity contribution in [3.05, 3.63) is 35.2 Å². The lowest BCUT2D eigenvalue weighted by Gasteiger charge is -2.12. The molecule has 7 heteroatoms. The molecule has 0 radical (unpaired) electrons. The van der Waals surface area contributed by atoms with Crippen LogP contribution in [0.5, 0.6) is 0 Å². The van der Waals surface area contributed by atoms with Gasteiger partial charge in [0.2, 0.25) is 23.6 Å². The average Bonchev–Trinajstić information content (AvgIpc) is 3.09. The van der Waals surface area contributed by atoms with Gasteiger partial charge < -0.3 is 4.42 Å². The second-order valence-corrected chi connectivity index (χ2v) is 5.43. The predicted octanol–water partition coefficient (Wildman–Crippen LogP) is 2.47. The molecule has 114 valence electrons. The van der Waals surface area contributed by atoms with Gasteiger partial charge in [0.05, 0.1) is 10.6 Å². The van der Waals surface area contributed by atoms with Crippen molar-refractivity contribution in [2.75, 3.05) is 6.54 Å². The number of likely N-dealkylation sites (tertiary alicyclic amines) is 1. The second kappa shape index (κ2) is 6.27. The van der Waals surface area contributed by atoms with E-state index in [0.717, 1.165) is 0 Å². The molecule has 0 bridgehead atoms. The number of imide groups is 1. The summed E-state index contributed by atoms with van der Waals surface area (Å²) in [5.74, 6) is 0.627. The normalized spacial score (nSPS) is 14.9. The van der Waals surface area contributed by atoms with Crippen LogP contribution in [0.25, 0.3) is 11.5 Å². The molecule has 0 spiro atoms. The molecule has 2 aromatic rings. The number of carbonyl (C=O) groups is 2. The topological polar surface area (TPSA) is 76.3 Å². The molecule has 3 rings (SSSR count). The van der Waals surface area contributed by atoms with Crippen LogP contribution in [0.4, 0.5) is 0 Å². The van der Waals surface area contributed by atoms with Crippen molar-refractivity contribution in [1.82, 2.24) is 15.1 Å². The van der Waals surface area contributed by atoms with Crippen LogP contribution in [0, 0.1) is 0 Å². The number of aromatic nitrogens is 2. The number of hydrogen-bond donors (Lipinski definition) is 0. The predicted molar refractivity (Wildman–Crippen MR) is 79.0 cm³/mol. The Morgan fingerprint density at radius 2 is 1.86 bits per heavy atom. The van der Waals surface area contributed by atoms with Crippen LogP contribution in [-0.4, -0.2) is 33.5 Å². The molecule has 1 saturated heterocycles. The van der Waals surface area contributed by atoms with Gasteiger partial charge in [0.25, 0.3) is 0 Å². The summed E-state index contributed by atoms with van der Waals surface area (Å²) in [6, 6.07) is 7.23. The smallest absolute Gasteiger partial charge is 0.249 e. The summed E-state index contributed by atoms with van der Waals surface area (Å²) in [6.45, 7) is 0.390. The summed E-state index contributed by atoms with van der Waals surface area (Å²) in [6.07, 6.45) is 1.74. The quantitative estimate of drug-likeness (QED) is 0.791. The summed E-state index contributed by atoms with van der Waals surface area (Å²) in [5, 5.41) is 8.50. The van der Waals surface area contributed by atoms with Crippen molar-refractivity contribution in [1.29, 1.82) is 0 Å². The Morgan fingerprint density at radius 1 is 1.14 bits per heavy atom. The van der Waals surface area contributed by atoms with E-state index in [1.807, 2.05) is 12.1 Å². The molecular formula is C15H14ClN3O3. The van der Waals surface area contributed by atoms with Gasteiger partial charge in [-0.2, -0.15) is 0 Å². The number of nitrogens with zero attached hydrogens (tertiary/aromatic N) is 3. The van der Waals surface area contributed by atoms with Crippen LogP contribution < -0.4 is 0 Å². The molecule has 1 aliphatic rings. The zero-order chi connectivity index (χ0) is 15.5. The molecule has 22 heavy (non-hydrogen) atoms. The van der Waals surface area contributed by atoms with E-state index in [1.54, 1.807) is 12.1 Å². The molecular weight excluding hydrogens is 306 g/mol. The fourth-order valence-corrected chi connectivity index (χ4v) is 2.58. The van der Waals surface area contributed by atoms with E-state index in [9.17, 15) is 9.59 Å². The Morgan fingerprint density at radius 3 is 2.59 bits per heavy atom. The second-order valence-electron chi connectivity index (χ2n) is 5.02. The highest BCUT2D eigenvalue weighted by atomic mass is 35.5. The SMILES string of the molecule is O=C1CCC(=O)N1CCCc1nnc(-c2ccccc2Cl)o1. The molecule has 1 aromatic carbocycles. The fourth-order valence-electron chi connectivity index (χ4n) is 2.36. The fraction of sp³-hybridized carbons (Fsp3) is 0.333. The number of amides is 2. The highest BCUT2D eigenvalue weighted by molar-refractivity contribution is 6.33. The van der Waals surface area contributed by atoms with Gasteiger partial charge in [-0.3, -0.25) is 14.5 Å². The van der Waals surface area contributed by atoms with E-state index in [0.29, 0.717) is 54.6 Å². The minimum atomic E-state index is -0.104. The number of hydrogen-bond acceptors (Lipinski definition) is 5. The summed E-state index contributed by atoms with van der Waals surface area (Å²) in [4.78, 5) is 24.3. The first-order valence-corrected chi connectivity index (χ1v) is 7.43. The Kier molecular flexibility index (Phi) is 4.20. The molecule has 0 saturated carbocycles. The molecule has 6 nitrogen and oxygen atoms in total. The lowest BCUT2D eigenvalue weighted by Crippen LogP contribution is -2.30. The first-order valence-electron chi connectivity index (χ1n) is 7.05. The number of halogens is 1. The van der Waals surface area contributed by atoms with Gasteiger partial charge in [-0.05, 0) is 18.6 Å². The third-order valence-electron chi connectivity index (χ3n) is 3.50. The zero-order valence-electron chi connectivity index (χ0n) is 11.8. The summed E-state index contributed by atoms with van der Waals surface area (Å²) >= 11 is 6.08.